The Kier molecular flexibility index (Phi) is 2.75. The molecule has 0 aliphatic carbocycles. The van der Waals surface area contributed by atoms with Crippen LogP contribution in [0.2, 0.25) is 0 Å². The van der Waals surface area contributed by atoms with Crippen molar-refractivity contribution in [2.75, 3.05) is 0 Å². The van der Waals surface area contributed by atoms with Crippen LogP contribution in [0.4, 0.5) is 5.69 Å². The summed E-state index contributed by atoms with van der Waals surface area (Å²) in [5.74, 6) is 0. The summed E-state index contributed by atoms with van der Waals surface area (Å²) in [6.07, 6.45) is 2.34. The second-order valence-corrected chi connectivity index (χ2v) is 3.25. The van der Waals surface area contributed by atoms with E-state index in [-0.39, 0.29) is 0 Å². The molecule has 2 rings (SSSR count). The maximum atomic E-state index is 10.5. The second-order valence-electron chi connectivity index (χ2n) is 3.25. The number of nitrogens with zero attached hydrogens (tertiary/aromatic N) is 2. The van der Waals surface area contributed by atoms with Gasteiger partial charge in [0.2, 0.25) is 5.69 Å². The molecule has 0 fully saturated rings. The zero-order valence-electron chi connectivity index (χ0n) is 8.42. The van der Waals surface area contributed by atoms with Crippen LogP contribution in [0.5, 0.6) is 0 Å². The van der Waals surface area contributed by atoms with Gasteiger partial charge in [0.1, 0.15) is 6.29 Å². The van der Waals surface area contributed by atoms with Gasteiger partial charge in [-0.2, -0.15) is 0 Å². The third-order valence-corrected chi connectivity index (χ3v) is 2.22. The third kappa shape index (κ3) is 1.96. The minimum atomic E-state index is 0.522. The smallest absolute Gasteiger partial charge is 0.205 e. The fraction of sp³-hybridized carbons (Fsp3) is 0. The van der Waals surface area contributed by atoms with Gasteiger partial charge in [-0.1, -0.05) is 30.3 Å². The zero-order valence-corrected chi connectivity index (χ0v) is 8.42. The lowest BCUT2D eigenvalue weighted by molar-refractivity contribution is 0.112. The number of carbonyl (C=O) groups excluding carboxylic acids is 1. The monoisotopic (exact) mass is 208 g/mol. The largest absolute Gasteiger partial charge is 0.298 e. The van der Waals surface area contributed by atoms with Gasteiger partial charge in [0, 0.05) is 17.3 Å². The van der Waals surface area contributed by atoms with Gasteiger partial charge in [0.05, 0.1) is 12.3 Å². The first-order chi connectivity index (χ1) is 7.83. The first-order valence-electron chi connectivity index (χ1n) is 4.72. The van der Waals surface area contributed by atoms with E-state index in [2.05, 4.69) is 9.83 Å². The highest BCUT2D eigenvalue weighted by Gasteiger charge is 1.99. The van der Waals surface area contributed by atoms with E-state index in [1.165, 1.54) is 6.20 Å². The quantitative estimate of drug-likeness (QED) is 0.561. The molecule has 0 N–H and O–H groups in total. The van der Waals surface area contributed by atoms with E-state index >= 15 is 0 Å². The van der Waals surface area contributed by atoms with Crippen molar-refractivity contribution in [3.63, 3.8) is 0 Å². The average molecular weight is 208 g/mol. The van der Waals surface area contributed by atoms with Crippen molar-refractivity contribution in [1.82, 2.24) is 4.98 Å². The summed E-state index contributed by atoms with van der Waals surface area (Å²) in [6.45, 7) is 6.82. The molecule has 0 aliphatic rings. The van der Waals surface area contributed by atoms with Crippen LogP contribution in [-0.4, -0.2) is 11.3 Å². The summed E-state index contributed by atoms with van der Waals surface area (Å²) >= 11 is 0. The van der Waals surface area contributed by atoms with E-state index in [4.69, 9.17) is 6.57 Å². The molecule has 0 atom stereocenters. The Hall–Kier alpha value is -2.47. The first-order valence-corrected chi connectivity index (χ1v) is 4.72. The molecular weight excluding hydrogens is 200 g/mol. The number of hydrogen-bond donors (Lipinski definition) is 0. The maximum absolute atomic E-state index is 10.5. The van der Waals surface area contributed by atoms with Crippen molar-refractivity contribution in [2.45, 2.75) is 0 Å². The van der Waals surface area contributed by atoms with E-state index < -0.39 is 0 Å². The van der Waals surface area contributed by atoms with Crippen LogP contribution in [0, 0.1) is 6.57 Å². The minimum absolute atomic E-state index is 0.522. The SMILES string of the molecule is [C-]#[N+]c1ccc(-c2ccc(C=O)cc2)nc1. The topological polar surface area (TPSA) is 34.3 Å². The number of aromatic nitrogens is 1. The fourth-order valence-electron chi connectivity index (χ4n) is 1.36. The molecule has 0 unspecified atom stereocenters. The highest BCUT2D eigenvalue weighted by Crippen LogP contribution is 2.19. The zero-order chi connectivity index (χ0) is 11.4. The van der Waals surface area contributed by atoms with Gasteiger partial charge in [0.15, 0.2) is 0 Å². The lowest BCUT2D eigenvalue weighted by atomic mass is 10.1. The Labute approximate surface area is 93.2 Å². The Morgan fingerprint density at radius 3 is 2.38 bits per heavy atom. The van der Waals surface area contributed by atoms with E-state index in [0.717, 1.165) is 17.5 Å². The number of carbonyl (C=O) groups is 1. The van der Waals surface area contributed by atoms with Crippen molar-refractivity contribution in [3.8, 4) is 11.3 Å². The molecule has 3 nitrogen and oxygen atoms in total. The minimum Gasteiger partial charge on any atom is -0.298 e. The predicted molar refractivity (Wildman–Crippen MR) is 61.3 cm³/mol. The number of pyridine rings is 1. The van der Waals surface area contributed by atoms with Crippen LogP contribution in [0.25, 0.3) is 16.1 Å². The number of rotatable bonds is 2. The fourth-order valence-corrected chi connectivity index (χ4v) is 1.36. The van der Waals surface area contributed by atoms with E-state index in [0.29, 0.717) is 11.3 Å². The highest BCUT2D eigenvalue weighted by molar-refractivity contribution is 5.76. The Bertz CT molecular complexity index is 536. The van der Waals surface area contributed by atoms with Gasteiger partial charge in [0.25, 0.3) is 0 Å². The molecule has 0 saturated heterocycles. The molecule has 3 heteroatoms. The van der Waals surface area contributed by atoms with Crippen LogP contribution in [0.3, 0.4) is 0 Å². The summed E-state index contributed by atoms with van der Waals surface area (Å²) in [5.41, 5.74) is 2.89. The van der Waals surface area contributed by atoms with Crippen LogP contribution in [0.1, 0.15) is 10.4 Å². The highest BCUT2D eigenvalue weighted by atomic mass is 16.1. The Morgan fingerprint density at radius 1 is 1.12 bits per heavy atom. The predicted octanol–water partition coefficient (Wildman–Crippen LogP) is 3.11. The second kappa shape index (κ2) is 4.37. The molecule has 76 valence electrons. The molecule has 0 bridgehead atoms. The molecule has 16 heavy (non-hydrogen) atoms. The van der Waals surface area contributed by atoms with Gasteiger partial charge in [-0.25, -0.2) is 4.85 Å². The number of benzene rings is 1. The van der Waals surface area contributed by atoms with Gasteiger partial charge < -0.3 is 0 Å². The first kappa shape index (κ1) is 10.1. The molecular formula is C13H8N2O. The number of hydrogen-bond acceptors (Lipinski definition) is 2. The van der Waals surface area contributed by atoms with E-state index in [1.54, 1.807) is 24.3 Å². The molecule has 0 saturated carbocycles. The molecule has 0 amide bonds. The summed E-state index contributed by atoms with van der Waals surface area (Å²) in [5, 5.41) is 0. The third-order valence-electron chi connectivity index (χ3n) is 2.22. The average Bonchev–Trinajstić information content (AvgIpc) is 2.39. The molecule has 1 aromatic heterocycles. The van der Waals surface area contributed by atoms with Gasteiger partial charge >= 0.3 is 0 Å². The summed E-state index contributed by atoms with van der Waals surface area (Å²) in [4.78, 5) is 17.9. The van der Waals surface area contributed by atoms with Crippen LogP contribution in [0.15, 0.2) is 42.6 Å². The Balaban J connectivity index is 2.35. The summed E-state index contributed by atoms with van der Waals surface area (Å²) in [7, 11) is 0. The normalized spacial score (nSPS) is 9.44. The molecule has 0 aliphatic heterocycles. The van der Waals surface area contributed by atoms with Crippen molar-refractivity contribution < 1.29 is 4.79 Å². The lowest BCUT2D eigenvalue weighted by Gasteiger charge is -2.00. The lowest BCUT2D eigenvalue weighted by Crippen LogP contribution is -1.83. The molecule has 0 radical (unpaired) electrons. The standard InChI is InChI=1S/C13H8N2O/c1-14-12-6-7-13(15-8-12)11-4-2-10(9-16)3-5-11/h2-9H. The van der Waals surface area contributed by atoms with Gasteiger partial charge in [-0.15, -0.1) is 0 Å². The molecule has 1 aromatic carbocycles. The van der Waals surface area contributed by atoms with Gasteiger partial charge in [-0.3, -0.25) is 9.78 Å². The van der Waals surface area contributed by atoms with Crippen molar-refractivity contribution in [2.24, 2.45) is 0 Å². The van der Waals surface area contributed by atoms with Crippen molar-refractivity contribution >= 4 is 12.0 Å². The molecule has 0 spiro atoms. The van der Waals surface area contributed by atoms with Gasteiger partial charge in [-0.05, 0) is 6.07 Å². The van der Waals surface area contributed by atoms with Crippen molar-refractivity contribution in [1.29, 1.82) is 0 Å². The van der Waals surface area contributed by atoms with E-state index in [1.807, 2.05) is 12.1 Å². The van der Waals surface area contributed by atoms with Crippen molar-refractivity contribution in [3.05, 3.63) is 59.6 Å². The van der Waals surface area contributed by atoms with Crippen LogP contribution < -0.4 is 0 Å². The number of aldehydes is 1. The van der Waals surface area contributed by atoms with E-state index in [9.17, 15) is 4.79 Å². The molecule has 1 heterocycles. The summed E-state index contributed by atoms with van der Waals surface area (Å²) < 4.78 is 0. The maximum Gasteiger partial charge on any atom is 0.205 e. The summed E-state index contributed by atoms with van der Waals surface area (Å²) in [6, 6.07) is 10.7. The van der Waals surface area contributed by atoms with Crippen LogP contribution in [-0.2, 0) is 0 Å². The molecule has 2 aromatic rings. The Morgan fingerprint density at radius 2 is 1.88 bits per heavy atom. The van der Waals surface area contributed by atoms with Crippen LogP contribution >= 0.6 is 0 Å².